The average Bonchev–Trinajstić information content (AvgIpc) is 2.70. The molecule has 0 aliphatic carbocycles. The van der Waals surface area contributed by atoms with Gasteiger partial charge in [0.1, 0.15) is 0 Å². The van der Waals surface area contributed by atoms with Gasteiger partial charge in [-0.2, -0.15) is 0 Å². The Morgan fingerprint density at radius 2 is 1.40 bits per heavy atom. The Balaban J connectivity index is 2.26. The molecule has 0 radical (unpaired) electrons. The third-order valence-electron chi connectivity index (χ3n) is 4.48. The van der Waals surface area contributed by atoms with Crippen molar-refractivity contribution in [3.63, 3.8) is 0 Å². The molecule has 1 unspecified atom stereocenters. The molecule has 0 spiro atoms. The minimum absolute atomic E-state index is 0.0265. The van der Waals surface area contributed by atoms with Crippen LogP contribution in [0, 0.1) is 6.92 Å². The number of benzene rings is 2. The van der Waals surface area contributed by atoms with Crippen molar-refractivity contribution in [1.29, 1.82) is 0 Å². The zero-order valence-electron chi connectivity index (χ0n) is 18.8. The second kappa shape index (κ2) is 13.0. The van der Waals surface area contributed by atoms with Gasteiger partial charge in [0.15, 0.2) is 0 Å². The summed E-state index contributed by atoms with van der Waals surface area (Å²) in [5.41, 5.74) is 2.43. The van der Waals surface area contributed by atoms with E-state index in [2.05, 4.69) is 31.2 Å². The first-order chi connectivity index (χ1) is 14.5. The first-order valence-electron chi connectivity index (χ1n) is 10.1. The Labute approximate surface area is 187 Å². The average molecular weight is 481 g/mol. The molecule has 0 N–H and O–H groups in total. The zero-order chi connectivity index (χ0) is 21.9. The Hall–Kier alpha value is -1.56. The van der Waals surface area contributed by atoms with Crippen LogP contribution in [0.1, 0.15) is 31.1 Å². The Kier molecular flexibility index (Phi) is 10.7. The number of hydrogen-bond acceptors (Lipinski definition) is 5. The van der Waals surface area contributed by atoms with Crippen LogP contribution in [0.25, 0.3) is 0 Å². The third kappa shape index (κ3) is 7.60. The molecule has 5 nitrogen and oxygen atoms in total. The van der Waals surface area contributed by atoms with Crippen LogP contribution in [-0.4, -0.2) is 61.7 Å². The molecule has 0 amide bonds. The summed E-state index contributed by atoms with van der Waals surface area (Å²) in [5.74, 6) is 1.70. The fourth-order valence-corrected chi connectivity index (χ4v) is 5.57. The van der Waals surface area contributed by atoms with E-state index in [1.807, 2.05) is 32.0 Å². The summed E-state index contributed by atoms with van der Waals surface area (Å²) < 4.78 is 29.8. The second-order valence-electron chi connectivity index (χ2n) is 7.30. The van der Waals surface area contributed by atoms with Gasteiger partial charge in [-0.3, -0.25) is 0 Å². The molecule has 30 heavy (non-hydrogen) atoms. The molecule has 6 heteroatoms. The molecule has 2 aromatic rings. The standard InChI is InChI=1S/C24H34O5Se/c1-17-9-7-10-20(13-17)23(27-6)16-30-24-21(28-18(2)14-25-4)11-8-12-22(24)29-19(3)15-26-5/h7-13,18-19,23H,14-16H2,1-6H3/t18-,19-,23?/m1/s1. The van der Waals surface area contributed by atoms with Gasteiger partial charge in [-0.25, -0.2) is 0 Å². The molecule has 0 saturated carbocycles. The van der Waals surface area contributed by atoms with Gasteiger partial charge in [0, 0.05) is 0 Å². The van der Waals surface area contributed by atoms with E-state index in [1.165, 1.54) is 11.1 Å². The van der Waals surface area contributed by atoms with E-state index < -0.39 is 0 Å². The summed E-state index contributed by atoms with van der Waals surface area (Å²) in [4.78, 5) is 0. The molecule has 0 heterocycles. The normalized spacial score (nSPS) is 14.2. The number of hydrogen-bond donors (Lipinski definition) is 0. The molecule has 3 atom stereocenters. The van der Waals surface area contributed by atoms with Crippen LogP contribution in [0.15, 0.2) is 42.5 Å². The van der Waals surface area contributed by atoms with Gasteiger partial charge in [-0.05, 0) is 0 Å². The molecule has 166 valence electrons. The molecule has 2 rings (SSSR count). The molecule has 0 bridgehead atoms. The molecular weight excluding hydrogens is 447 g/mol. The molecule has 0 fully saturated rings. The van der Waals surface area contributed by atoms with Crippen LogP contribution in [0.3, 0.4) is 0 Å². The number of ether oxygens (including phenoxy) is 5. The van der Waals surface area contributed by atoms with E-state index in [9.17, 15) is 0 Å². The van der Waals surface area contributed by atoms with Crippen molar-refractivity contribution in [3.8, 4) is 11.5 Å². The Morgan fingerprint density at radius 1 is 0.833 bits per heavy atom. The Bertz CT molecular complexity index is 735. The maximum absolute atomic E-state index is 6.20. The molecule has 0 aromatic heterocycles. The summed E-state index contributed by atoms with van der Waals surface area (Å²) in [5, 5.41) is 0.876. The molecule has 0 aliphatic rings. The second-order valence-corrected chi connectivity index (χ2v) is 9.46. The van der Waals surface area contributed by atoms with E-state index >= 15 is 0 Å². The van der Waals surface area contributed by atoms with Gasteiger partial charge in [-0.1, -0.05) is 0 Å². The quantitative estimate of drug-likeness (QED) is 0.406. The van der Waals surface area contributed by atoms with Crippen molar-refractivity contribution < 1.29 is 23.7 Å². The van der Waals surface area contributed by atoms with Crippen molar-refractivity contribution in [3.05, 3.63) is 53.6 Å². The van der Waals surface area contributed by atoms with E-state index in [4.69, 9.17) is 23.7 Å². The van der Waals surface area contributed by atoms with Crippen molar-refractivity contribution in [1.82, 2.24) is 0 Å². The SMILES string of the molecule is COC[C@@H](C)Oc1cccc(O[C@H](C)COC)c1[Se]CC(OC)c1cccc(C)c1. The van der Waals surface area contributed by atoms with Crippen LogP contribution in [0.4, 0.5) is 0 Å². The summed E-state index contributed by atoms with van der Waals surface area (Å²) in [6, 6.07) is 14.5. The van der Waals surface area contributed by atoms with Crippen LogP contribution in [0.5, 0.6) is 11.5 Å². The topological polar surface area (TPSA) is 46.2 Å². The van der Waals surface area contributed by atoms with Crippen LogP contribution < -0.4 is 13.9 Å². The van der Waals surface area contributed by atoms with Gasteiger partial charge in [-0.15, -0.1) is 0 Å². The zero-order valence-corrected chi connectivity index (χ0v) is 20.6. The van der Waals surface area contributed by atoms with Crippen molar-refractivity contribution in [2.45, 2.75) is 44.4 Å². The predicted octanol–water partition coefficient (Wildman–Crippen LogP) is 3.96. The fourth-order valence-electron chi connectivity index (χ4n) is 3.12. The number of rotatable bonds is 13. The van der Waals surface area contributed by atoms with Crippen LogP contribution >= 0.6 is 0 Å². The first kappa shape index (κ1) is 24.7. The van der Waals surface area contributed by atoms with Crippen LogP contribution in [0.2, 0.25) is 5.32 Å². The molecule has 0 aliphatic heterocycles. The van der Waals surface area contributed by atoms with E-state index in [-0.39, 0.29) is 33.3 Å². The number of methoxy groups -OCH3 is 3. The predicted molar refractivity (Wildman–Crippen MR) is 121 cm³/mol. The van der Waals surface area contributed by atoms with E-state index in [0.717, 1.165) is 21.3 Å². The van der Waals surface area contributed by atoms with Crippen molar-refractivity contribution in [2.24, 2.45) is 0 Å². The molecule has 2 aromatic carbocycles. The molecular formula is C24H34O5Se. The molecule has 0 saturated heterocycles. The first-order valence-corrected chi connectivity index (χ1v) is 12.2. The third-order valence-corrected chi connectivity index (χ3v) is 6.91. The Morgan fingerprint density at radius 3 is 1.90 bits per heavy atom. The van der Waals surface area contributed by atoms with Gasteiger partial charge >= 0.3 is 187 Å². The van der Waals surface area contributed by atoms with Crippen molar-refractivity contribution >= 4 is 19.4 Å². The number of aryl methyl sites for hydroxylation is 1. The summed E-state index contributed by atoms with van der Waals surface area (Å²) in [6.07, 6.45) is -0.0732. The van der Waals surface area contributed by atoms with E-state index in [1.54, 1.807) is 21.3 Å². The van der Waals surface area contributed by atoms with Gasteiger partial charge in [0.2, 0.25) is 0 Å². The maximum atomic E-state index is 6.20. The van der Waals surface area contributed by atoms with Gasteiger partial charge < -0.3 is 0 Å². The van der Waals surface area contributed by atoms with Crippen molar-refractivity contribution in [2.75, 3.05) is 34.5 Å². The fraction of sp³-hybridized carbons (Fsp3) is 0.500. The summed E-state index contributed by atoms with van der Waals surface area (Å²) >= 11 is 0.0793. The summed E-state index contributed by atoms with van der Waals surface area (Å²) in [6.45, 7) is 7.17. The minimum atomic E-state index is -0.0498. The van der Waals surface area contributed by atoms with Gasteiger partial charge in [0.05, 0.1) is 0 Å². The van der Waals surface area contributed by atoms with E-state index in [0.29, 0.717) is 13.2 Å². The van der Waals surface area contributed by atoms with Crippen LogP contribution in [-0.2, 0) is 14.2 Å². The monoisotopic (exact) mass is 482 g/mol. The summed E-state index contributed by atoms with van der Waals surface area (Å²) in [7, 11) is 5.13. The van der Waals surface area contributed by atoms with Gasteiger partial charge in [0.25, 0.3) is 0 Å².